The summed E-state index contributed by atoms with van der Waals surface area (Å²) in [6.45, 7) is 2.08. The molecule has 104 valence electrons. The van der Waals surface area contributed by atoms with Crippen molar-refractivity contribution in [3.8, 4) is 5.75 Å². The second kappa shape index (κ2) is 5.55. The van der Waals surface area contributed by atoms with E-state index in [4.69, 9.17) is 4.74 Å². The maximum absolute atomic E-state index is 12.0. The summed E-state index contributed by atoms with van der Waals surface area (Å²) in [6, 6.07) is 7.95. The van der Waals surface area contributed by atoms with E-state index in [1.54, 1.807) is 0 Å². The molecule has 0 spiro atoms. The molecule has 3 rings (SSSR count). The van der Waals surface area contributed by atoms with Crippen LogP contribution in [0.1, 0.15) is 36.5 Å². The molecular formula is C15H15IN2O2. The summed E-state index contributed by atoms with van der Waals surface area (Å²) < 4.78 is 6.57. The minimum atomic E-state index is -0.187. The molecular weight excluding hydrogens is 367 g/mol. The first-order chi connectivity index (χ1) is 9.69. The molecule has 5 heteroatoms. The summed E-state index contributed by atoms with van der Waals surface area (Å²) in [5, 5.41) is 0. The zero-order chi connectivity index (χ0) is 14.1. The number of hydrogen-bond donors (Lipinski definition) is 1. The number of aryl methyl sites for hydroxylation is 1. The fourth-order valence-corrected chi connectivity index (χ4v) is 2.94. The summed E-state index contributed by atoms with van der Waals surface area (Å²) >= 11 is 2.06. The molecule has 1 aliphatic heterocycles. The highest BCUT2D eigenvalue weighted by Crippen LogP contribution is 2.34. The minimum Gasteiger partial charge on any atom is -0.482 e. The van der Waals surface area contributed by atoms with Gasteiger partial charge in [0.1, 0.15) is 5.75 Å². The number of fused-ring (bicyclic) bond motifs is 1. The third kappa shape index (κ3) is 2.46. The lowest BCUT2D eigenvalue weighted by atomic mass is 10.1. The third-order valence-corrected chi connectivity index (χ3v) is 4.50. The SMILES string of the molecule is CCCc1nc(C2Cc3ccccc3O2)[nH]c(=O)c1I. The van der Waals surface area contributed by atoms with E-state index >= 15 is 0 Å². The van der Waals surface area contributed by atoms with Crippen LogP contribution in [0.4, 0.5) is 0 Å². The zero-order valence-electron chi connectivity index (χ0n) is 11.1. The summed E-state index contributed by atoms with van der Waals surface area (Å²) in [5.74, 6) is 1.52. The Kier molecular flexibility index (Phi) is 3.78. The highest BCUT2D eigenvalue weighted by molar-refractivity contribution is 14.1. The second-order valence-corrected chi connectivity index (χ2v) is 5.96. The van der Waals surface area contributed by atoms with Gasteiger partial charge in [-0.1, -0.05) is 31.5 Å². The van der Waals surface area contributed by atoms with Crippen LogP contribution in [0.3, 0.4) is 0 Å². The number of nitrogens with one attached hydrogen (secondary N) is 1. The largest absolute Gasteiger partial charge is 0.482 e. The van der Waals surface area contributed by atoms with Crippen molar-refractivity contribution >= 4 is 22.6 Å². The standard InChI is InChI=1S/C15H15IN2O2/c1-2-5-10-13(16)15(19)18-14(17-10)12-8-9-6-3-4-7-11(9)20-12/h3-4,6-7,12H,2,5,8H2,1H3,(H,17,18,19). The molecule has 1 unspecified atom stereocenters. The molecule has 1 aromatic heterocycles. The van der Waals surface area contributed by atoms with Gasteiger partial charge in [0.15, 0.2) is 11.9 Å². The molecule has 1 aromatic carbocycles. The normalized spacial score (nSPS) is 16.8. The van der Waals surface area contributed by atoms with Gasteiger partial charge in [0.2, 0.25) is 0 Å². The predicted octanol–water partition coefficient (Wildman–Crippen LogP) is 3.00. The summed E-state index contributed by atoms with van der Waals surface area (Å²) in [7, 11) is 0. The molecule has 0 aliphatic carbocycles. The first-order valence-corrected chi connectivity index (χ1v) is 7.80. The fraction of sp³-hybridized carbons (Fsp3) is 0.333. The van der Waals surface area contributed by atoms with Crippen molar-refractivity contribution in [3.05, 3.63) is 55.3 Å². The number of para-hydroxylation sites is 1. The fourth-order valence-electron chi connectivity index (χ4n) is 2.41. The topological polar surface area (TPSA) is 55.0 Å². The predicted molar refractivity (Wildman–Crippen MR) is 85.1 cm³/mol. The van der Waals surface area contributed by atoms with Gasteiger partial charge in [-0.25, -0.2) is 4.98 Å². The molecule has 1 aliphatic rings. The van der Waals surface area contributed by atoms with Crippen LogP contribution >= 0.6 is 22.6 Å². The third-order valence-electron chi connectivity index (χ3n) is 3.39. The Morgan fingerprint density at radius 2 is 2.25 bits per heavy atom. The van der Waals surface area contributed by atoms with Gasteiger partial charge in [0.05, 0.1) is 9.26 Å². The van der Waals surface area contributed by atoms with Gasteiger partial charge in [-0.3, -0.25) is 4.79 Å². The average molecular weight is 382 g/mol. The first-order valence-electron chi connectivity index (χ1n) is 6.72. The quantitative estimate of drug-likeness (QED) is 0.831. The molecule has 0 amide bonds. The van der Waals surface area contributed by atoms with Crippen molar-refractivity contribution < 1.29 is 4.74 Å². The Labute approximate surface area is 130 Å². The number of ether oxygens (including phenoxy) is 1. The lowest BCUT2D eigenvalue weighted by molar-refractivity contribution is 0.226. The van der Waals surface area contributed by atoms with Crippen molar-refractivity contribution in [2.24, 2.45) is 0 Å². The number of nitrogens with zero attached hydrogens (tertiary/aromatic N) is 1. The van der Waals surface area contributed by atoms with Gasteiger partial charge >= 0.3 is 0 Å². The second-order valence-electron chi connectivity index (χ2n) is 4.88. The van der Waals surface area contributed by atoms with Crippen LogP contribution < -0.4 is 10.3 Å². The first kappa shape index (κ1) is 13.6. The summed E-state index contributed by atoms with van der Waals surface area (Å²) in [4.78, 5) is 19.5. The van der Waals surface area contributed by atoms with Gasteiger partial charge in [0, 0.05) is 6.42 Å². The molecule has 0 bridgehead atoms. The van der Waals surface area contributed by atoms with Gasteiger partial charge < -0.3 is 9.72 Å². The Hall–Kier alpha value is -1.37. The minimum absolute atomic E-state index is 0.0707. The Balaban J connectivity index is 1.95. The Morgan fingerprint density at radius 1 is 1.45 bits per heavy atom. The average Bonchev–Trinajstić information content (AvgIpc) is 2.87. The van der Waals surface area contributed by atoms with Gasteiger partial charge in [-0.2, -0.15) is 0 Å². The van der Waals surface area contributed by atoms with Crippen molar-refractivity contribution in [1.82, 2.24) is 9.97 Å². The molecule has 20 heavy (non-hydrogen) atoms. The van der Waals surface area contributed by atoms with Crippen LogP contribution in [-0.2, 0) is 12.8 Å². The number of H-pyrrole nitrogens is 1. The van der Waals surface area contributed by atoms with E-state index in [2.05, 4.69) is 39.5 Å². The number of rotatable bonds is 3. The van der Waals surface area contributed by atoms with Crippen molar-refractivity contribution in [1.29, 1.82) is 0 Å². The molecule has 2 heterocycles. The number of benzene rings is 1. The maximum Gasteiger partial charge on any atom is 0.264 e. The monoisotopic (exact) mass is 382 g/mol. The number of halogens is 1. The van der Waals surface area contributed by atoms with E-state index in [0.717, 1.165) is 36.3 Å². The molecule has 4 nitrogen and oxygen atoms in total. The van der Waals surface area contributed by atoms with E-state index < -0.39 is 0 Å². The number of aromatic amines is 1. The summed E-state index contributed by atoms with van der Waals surface area (Å²) in [6.07, 6.45) is 2.35. The molecule has 1 atom stereocenters. The van der Waals surface area contributed by atoms with Gasteiger partial charge in [-0.05, 0) is 40.6 Å². The Morgan fingerprint density at radius 3 is 3.00 bits per heavy atom. The van der Waals surface area contributed by atoms with Crippen LogP contribution in [0.25, 0.3) is 0 Å². The van der Waals surface area contributed by atoms with Crippen molar-refractivity contribution in [2.45, 2.75) is 32.3 Å². The lowest BCUT2D eigenvalue weighted by Gasteiger charge is -2.12. The van der Waals surface area contributed by atoms with E-state index in [1.807, 2.05) is 24.3 Å². The molecule has 1 N–H and O–H groups in total. The van der Waals surface area contributed by atoms with Gasteiger partial charge in [0.25, 0.3) is 5.56 Å². The van der Waals surface area contributed by atoms with Crippen LogP contribution in [0.5, 0.6) is 5.75 Å². The van der Waals surface area contributed by atoms with E-state index in [0.29, 0.717) is 9.39 Å². The molecule has 2 aromatic rings. The number of aromatic nitrogens is 2. The van der Waals surface area contributed by atoms with Crippen LogP contribution in [0.2, 0.25) is 0 Å². The zero-order valence-corrected chi connectivity index (χ0v) is 13.3. The molecule has 0 saturated heterocycles. The Bertz CT molecular complexity index is 672. The van der Waals surface area contributed by atoms with Crippen LogP contribution in [0.15, 0.2) is 29.1 Å². The summed E-state index contributed by atoms with van der Waals surface area (Å²) in [5.41, 5.74) is 1.96. The highest BCUT2D eigenvalue weighted by atomic mass is 127. The lowest BCUT2D eigenvalue weighted by Crippen LogP contribution is -2.21. The molecule has 0 radical (unpaired) electrons. The van der Waals surface area contributed by atoms with E-state index in [9.17, 15) is 4.79 Å². The van der Waals surface area contributed by atoms with Crippen LogP contribution in [0, 0.1) is 3.57 Å². The highest BCUT2D eigenvalue weighted by Gasteiger charge is 2.26. The smallest absolute Gasteiger partial charge is 0.264 e. The molecule has 0 saturated carbocycles. The maximum atomic E-state index is 12.0. The van der Waals surface area contributed by atoms with E-state index in [-0.39, 0.29) is 11.7 Å². The van der Waals surface area contributed by atoms with E-state index in [1.165, 1.54) is 0 Å². The molecule has 0 fully saturated rings. The number of hydrogen-bond acceptors (Lipinski definition) is 3. The van der Waals surface area contributed by atoms with Crippen molar-refractivity contribution in [2.75, 3.05) is 0 Å². The van der Waals surface area contributed by atoms with Gasteiger partial charge in [-0.15, -0.1) is 0 Å². The van der Waals surface area contributed by atoms with Crippen LogP contribution in [-0.4, -0.2) is 9.97 Å². The van der Waals surface area contributed by atoms with Crippen molar-refractivity contribution in [3.63, 3.8) is 0 Å².